The molecule has 2 aromatic rings. The topological polar surface area (TPSA) is 73.9 Å². The zero-order valence-corrected chi connectivity index (χ0v) is 13.1. The minimum absolute atomic E-state index is 0. The largest absolute Gasteiger partial charge is 0.339 e. The van der Waals surface area contributed by atoms with Gasteiger partial charge in [-0.25, -0.2) is 0 Å². The van der Waals surface area contributed by atoms with Crippen LogP contribution in [0.3, 0.4) is 0 Å². The predicted octanol–water partition coefficient (Wildman–Crippen LogP) is 1.45. The van der Waals surface area contributed by atoms with Crippen LogP contribution in [0.25, 0.3) is 11.0 Å². The first-order valence-corrected chi connectivity index (χ1v) is 7.62. The maximum absolute atomic E-state index is 12.7. The number of nitrogens with one attached hydrogen (secondary N) is 2. The van der Waals surface area contributed by atoms with Crippen LogP contribution in [-0.2, 0) is 0 Å². The number of carbonyl (C=O) groups is 1. The van der Waals surface area contributed by atoms with Gasteiger partial charge in [0, 0.05) is 18.7 Å². The molecule has 2 aliphatic rings. The summed E-state index contributed by atoms with van der Waals surface area (Å²) in [5.74, 6) is 1.59. The Hall–Kier alpha value is -1.66. The molecule has 22 heavy (non-hydrogen) atoms. The number of carbonyl (C=O) groups excluding carboxylic acids is 1. The van der Waals surface area contributed by atoms with Crippen LogP contribution in [0.5, 0.6) is 0 Å². The first kappa shape index (κ1) is 15.2. The summed E-state index contributed by atoms with van der Waals surface area (Å²) in [5, 5.41) is 14.0. The first-order chi connectivity index (χ1) is 10.3. The van der Waals surface area contributed by atoms with Crippen molar-refractivity contribution in [1.82, 2.24) is 25.6 Å². The second kappa shape index (κ2) is 6.22. The number of benzene rings is 1. The lowest BCUT2D eigenvalue weighted by molar-refractivity contribution is 0.0758. The average molecular weight is 322 g/mol. The SMILES string of the molecule is Cl.O=C(c1ccc2[nH]nnc2c1)N1CC[C@@H]2CNC[C@@H]2CC1. The van der Waals surface area contributed by atoms with E-state index in [4.69, 9.17) is 0 Å². The quantitative estimate of drug-likeness (QED) is 0.834. The van der Waals surface area contributed by atoms with Gasteiger partial charge < -0.3 is 10.2 Å². The van der Waals surface area contributed by atoms with E-state index in [-0.39, 0.29) is 18.3 Å². The van der Waals surface area contributed by atoms with Gasteiger partial charge in [-0.2, -0.15) is 0 Å². The molecule has 0 bridgehead atoms. The lowest BCUT2D eigenvalue weighted by Gasteiger charge is -2.21. The van der Waals surface area contributed by atoms with Crippen molar-refractivity contribution < 1.29 is 4.79 Å². The second-order valence-electron chi connectivity index (χ2n) is 6.09. The predicted molar refractivity (Wildman–Crippen MR) is 86.1 cm³/mol. The zero-order valence-electron chi connectivity index (χ0n) is 12.3. The van der Waals surface area contributed by atoms with Crippen molar-refractivity contribution in [3.63, 3.8) is 0 Å². The minimum Gasteiger partial charge on any atom is -0.339 e. The van der Waals surface area contributed by atoms with Crippen molar-refractivity contribution in [2.45, 2.75) is 12.8 Å². The highest BCUT2D eigenvalue weighted by Crippen LogP contribution is 2.27. The van der Waals surface area contributed by atoms with Crippen LogP contribution < -0.4 is 5.32 Å². The Morgan fingerprint density at radius 3 is 2.64 bits per heavy atom. The summed E-state index contributed by atoms with van der Waals surface area (Å²) >= 11 is 0. The molecule has 0 unspecified atom stereocenters. The van der Waals surface area contributed by atoms with E-state index in [1.54, 1.807) is 0 Å². The maximum Gasteiger partial charge on any atom is 0.253 e. The molecule has 7 heteroatoms. The Kier molecular flexibility index (Phi) is 4.31. The average Bonchev–Trinajstić information content (AvgIpc) is 3.11. The summed E-state index contributed by atoms with van der Waals surface area (Å²) in [4.78, 5) is 14.7. The van der Waals surface area contributed by atoms with E-state index < -0.39 is 0 Å². The molecule has 0 spiro atoms. The molecule has 0 saturated carbocycles. The van der Waals surface area contributed by atoms with Gasteiger partial charge in [-0.15, -0.1) is 17.5 Å². The number of H-pyrrole nitrogens is 1. The van der Waals surface area contributed by atoms with E-state index >= 15 is 0 Å². The van der Waals surface area contributed by atoms with Crippen LogP contribution in [0.4, 0.5) is 0 Å². The van der Waals surface area contributed by atoms with Gasteiger partial charge in [0.1, 0.15) is 5.52 Å². The van der Waals surface area contributed by atoms with Crippen molar-refractivity contribution >= 4 is 29.3 Å². The van der Waals surface area contributed by atoms with E-state index in [2.05, 4.69) is 20.7 Å². The number of fused-ring (bicyclic) bond motifs is 2. The Morgan fingerprint density at radius 1 is 1.18 bits per heavy atom. The maximum atomic E-state index is 12.7. The molecule has 118 valence electrons. The number of hydrogen-bond donors (Lipinski definition) is 2. The molecule has 1 amide bonds. The molecular weight excluding hydrogens is 302 g/mol. The molecule has 2 aliphatic heterocycles. The van der Waals surface area contributed by atoms with Crippen molar-refractivity contribution in [3.05, 3.63) is 23.8 Å². The monoisotopic (exact) mass is 321 g/mol. The summed E-state index contributed by atoms with van der Waals surface area (Å²) in [7, 11) is 0. The number of likely N-dealkylation sites (tertiary alicyclic amines) is 1. The third kappa shape index (κ3) is 2.68. The van der Waals surface area contributed by atoms with Crippen molar-refractivity contribution in [3.8, 4) is 0 Å². The van der Waals surface area contributed by atoms with Crippen LogP contribution in [0.15, 0.2) is 18.2 Å². The third-order valence-corrected chi connectivity index (χ3v) is 4.88. The molecule has 2 fully saturated rings. The Morgan fingerprint density at radius 2 is 1.91 bits per heavy atom. The molecule has 0 aliphatic carbocycles. The summed E-state index contributed by atoms with van der Waals surface area (Å²) in [6.45, 7) is 3.94. The lowest BCUT2D eigenvalue weighted by Crippen LogP contribution is -2.32. The van der Waals surface area contributed by atoms with E-state index in [1.165, 1.54) is 0 Å². The lowest BCUT2D eigenvalue weighted by atomic mass is 9.92. The molecule has 6 nitrogen and oxygen atoms in total. The minimum atomic E-state index is 0. The van der Waals surface area contributed by atoms with Gasteiger partial charge in [0.15, 0.2) is 0 Å². The normalized spacial score (nSPS) is 24.6. The molecule has 1 aromatic heterocycles. The van der Waals surface area contributed by atoms with E-state index in [0.29, 0.717) is 5.56 Å². The van der Waals surface area contributed by atoms with Crippen molar-refractivity contribution in [2.75, 3.05) is 26.2 Å². The van der Waals surface area contributed by atoms with Gasteiger partial charge in [-0.05, 0) is 56.0 Å². The number of halogens is 1. The zero-order chi connectivity index (χ0) is 14.2. The fourth-order valence-electron chi connectivity index (χ4n) is 3.58. The van der Waals surface area contributed by atoms with E-state index in [9.17, 15) is 4.79 Å². The highest BCUT2D eigenvalue weighted by Gasteiger charge is 2.31. The molecule has 4 rings (SSSR count). The first-order valence-electron chi connectivity index (χ1n) is 7.62. The number of amides is 1. The van der Waals surface area contributed by atoms with Gasteiger partial charge in [-0.3, -0.25) is 9.89 Å². The summed E-state index contributed by atoms with van der Waals surface area (Å²) < 4.78 is 0. The van der Waals surface area contributed by atoms with Gasteiger partial charge >= 0.3 is 0 Å². The standard InChI is InChI=1S/C15H19N5O.ClH/c21-15(10-1-2-13-14(7-10)18-19-17-13)20-5-3-11-8-16-9-12(11)4-6-20;/h1-2,7,11-12,16H,3-6,8-9H2,(H,17,18,19);1H/t11-,12+;. The number of hydrogen-bond acceptors (Lipinski definition) is 4. The molecule has 0 radical (unpaired) electrons. The molecular formula is C15H20ClN5O. The van der Waals surface area contributed by atoms with E-state index in [0.717, 1.165) is 61.9 Å². The Balaban J connectivity index is 0.00000144. The van der Waals surface area contributed by atoms with Crippen LogP contribution in [0.1, 0.15) is 23.2 Å². The highest BCUT2D eigenvalue weighted by atomic mass is 35.5. The van der Waals surface area contributed by atoms with Crippen molar-refractivity contribution in [1.29, 1.82) is 0 Å². The Bertz CT molecular complexity index is 659. The second-order valence-corrected chi connectivity index (χ2v) is 6.09. The molecule has 2 atom stereocenters. The molecule has 3 heterocycles. The van der Waals surface area contributed by atoms with Crippen LogP contribution in [0, 0.1) is 11.8 Å². The van der Waals surface area contributed by atoms with Gasteiger partial charge in [-0.1, -0.05) is 5.21 Å². The number of nitrogens with zero attached hydrogens (tertiary/aromatic N) is 3. The molecule has 2 N–H and O–H groups in total. The fourth-order valence-corrected chi connectivity index (χ4v) is 3.58. The summed E-state index contributed by atoms with van der Waals surface area (Å²) in [6, 6.07) is 5.56. The van der Waals surface area contributed by atoms with Gasteiger partial charge in [0.2, 0.25) is 0 Å². The molecule has 2 saturated heterocycles. The number of aromatic nitrogens is 3. The van der Waals surface area contributed by atoms with Gasteiger partial charge in [0.05, 0.1) is 5.52 Å². The van der Waals surface area contributed by atoms with E-state index in [1.807, 2.05) is 23.1 Å². The number of aromatic amines is 1. The Labute approximate surface area is 135 Å². The number of rotatable bonds is 1. The van der Waals surface area contributed by atoms with Crippen LogP contribution in [-0.4, -0.2) is 52.4 Å². The van der Waals surface area contributed by atoms with Gasteiger partial charge in [0.25, 0.3) is 5.91 Å². The summed E-state index contributed by atoms with van der Waals surface area (Å²) in [5.41, 5.74) is 2.32. The molecule has 1 aromatic carbocycles. The summed E-state index contributed by atoms with van der Waals surface area (Å²) in [6.07, 6.45) is 2.21. The van der Waals surface area contributed by atoms with Crippen LogP contribution in [0.2, 0.25) is 0 Å². The fraction of sp³-hybridized carbons (Fsp3) is 0.533. The van der Waals surface area contributed by atoms with Crippen molar-refractivity contribution in [2.24, 2.45) is 11.8 Å². The van der Waals surface area contributed by atoms with Crippen LogP contribution >= 0.6 is 12.4 Å². The highest BCUT2D eigenvalue weighted by molar-refractivity contribution is 5.97. The third-order valence-electron chi connectivity index (χ3n) is 4.88. The smallest absolute Gasteiger partial charge is 0.253 e.